The summed E-state index contributed by atoms with van der Waals surface area (Å²) in [5, 5.41) is 0.180. The topological polar surface area (TPSA) is 122 Å². The number of nitrogen functional groups attached to an aromatic ring is 1. The Bertz CT molecular complexity index is 878. The fourth-order valence-corrected chi connectivity index (χ4v) is 2.75. The minimum Gasteiger partial charge on any atom is -0.462 e. The Kier molecular flexibility index (Phi) is 4.58. The molecule has 0 spiro atoms. The Balaban J connectivity index is 1.81. The van der Waals surface area contributed by atoms with Crippen LogP contribution in [0.3, 0.4) is 0 Å². The van der Waals surface area contributed by atoms with E-state index in [4.69, 9.17) is 26.8 Å². The second kappa shape index (κ2) is 6.67. The van der Waals surface area contributed by atoms with Gasteiger partial charge in [-0.05, 0) is 12.0 Å². The molecular weight excluding hydrogens is 350 g/mol. The first kappa shape index (κ1) is 17.2. The van der Waals surface area contributed by atoms with Gasteiger partial charge in [-0.1, -0.05) is 11.6 Å². The first-order valence-corrected chi connectivity index (χ1v) is 7.89. The maximum atomic E-state index is 11.3. The van der Waals surface area contributed by atoms with E-state index in [-0.39, 0.29) is 23.6 Å². The van der Waals surface area contributed by atoms with Gasteiger partial charge < -0.3 is 15.2 Å². The molecule has 1 fully saturated rings. The maximum absolute atomic E-state index is 11.3. The van der Waals surface area contributed by atoms with Crippen molar-refractivity contribution >= 4 is 46.9 Å². The number of fused-ring (bicyclic) bond motifs is 1. The Morgan fingerprint density at radius 1 is 1.44 bits per heavy atom. The van der Waals surface area contributed by atoms with Gasteiger partial charge in [0, 0.05) is 26.0 Å². The van der Waals surface area contributed by atoms with Crippen LogP contribution in [-0.4, -0.2) is 44.2 Å². The molecule has 2 N–H and O–H groups in total. The highest BCUT2D eigenvalue weighted by Gasteiger charge is 2.40. The zero-order valence-electron chi connectivity index (χ0n) is 13.6. The molecule has 1 saturated carbocycles. The minimum absolute atomic E-state index is 0.0164. The summed E-state index contributed by atoms with van der Waals surface area (Å²) < 4.78 is 11.9. The van der Waals surface area contributed by atoms with E-state index in [0.717, 1.165) is 5.57 Å². The van der Waals surface area contributed by atoms with Gasteiger partial charge in [-0.15, -0.1) is 0 Å². The van der Waals surface area contributed by atoms with E-state index < -0.39 is 18.0 Å². The van der Waals surface area contributed by atoms with Gasteiger partial charge in [0.2, 0.25) is 5.95 Å². The summed E-state index contributed by atoms with van der Waals surface area (Å²) in [5.41, 5.74) is 7.56. The average Bonchev–Trinajstić information content (AvgIpc) is 3.15. The van der Waals surface area contributed by atoms with E-state index in [1.54, 1.807) is 10.9 Å². The highest BCUT2D eigenvalue weighted by Crippen LogP contribution is 2.42. The third-order valence-corrected chi connectivity index (χ3v) is 3.95. The molecule has 2 aromatic rings. The molecule has 0 radical (unpaired) electrons. The van der Waals surface area contributed by atoms with E-state index >= 15 is 0 Å². The monoisotopic (exact) mass is 365 g/mol. The quantitative estimate of drug-likeness (QED) is 0.623. The average molecular weight is 366 g/mol. The van der Waals surface area contributed by atoms with Crippen molar-refractivity contribution in [1.29, 1.82) is 0 Å². The van der Waals surface area contributed by atoms with E-state index in [1.807, 2.05) is 6.20 Å². The van der Waals surface area contributed by atoms with Crippen molar-refractivity contribution in [2.75, 3.05) is 12.3 Å². The van der Waals surface area contributed by atoms with Crippen LogP contribution < -0.4 is 5.73 Å². The number of aromatic nitrogens is 4. The number of rotatable bonds is 5. The first-order chi connectivity index (χ1) is 11.8. The number of anilines is 1. The lowest BCUT2D eigenvalue weighted by atomic mass is 10.2. The predicted octanol–water partition coefficient (Wildman–Crippen LogP) is 1.42. The number of nitrogens with zero attached hydrogens (tertiary/aromatic N) is 4. The van der Waals surface area contributed by atoms with Gasteiger partial charge in [-0.3, -0.25) is 14.2 Å². The zero-order valence-corrected chi connectivity index (χ0v) is 14.4. The molecule has 1 aliphatic rings. The van der Waals surface area contributed by atoms with Crippen molar-refractivity contribution < 1.29 is 19.1 Å². The lowest BCUT2D eigenvalue weighted by Gasteiger charge is -2.15. The van der Waals surface area contributed by atoms with Crippen LogP contribution in [0.2, 0.25) is 5.15 Å². The largest absolute Gasteiger partial charge is 0.462 e. The summed E-state index contributed by atoms with van der Waals surface area (Å²) in [6.07, 6.45) is 3.56. The number of esters is 2. The van der Waals surface area contributed by atoms with Gasteiger partial charge in [-0.2, -0.15) is 9.97 Å². The summed E-state index contributed by atoms with van der Waals surface area (Å²) in [4.78, 5) is 34.4. The summed E-state index contributed by atoms with van der Waals surface area (Å²) in [6.45, 7) is 2.64. The fraction of sp³-hybridized carbons (Fsp3) is 0.400. The van der Waals surface area contributed by atoms with E-state index in [2.05, 4.69) is 15.0 Å². The standard InChI is InChI=1S/C15H16ClN5O4/c1-7(22)24-5-11(25-8(2)23)10-3-9(10)4-21-6-18-12-13(16)19-15(17)20-14(12)21/h4,6,10-11H,3,5H2,1-2H3,(H2,17,19,20)/b9-4+/t10-,11+/m1/s1. The van der Waals surface area contributed by atoms with Crippen molar-refractivity contribution in [3.05, 3.63) is 17.1 Å². The maximum Gasteiger partial charge on any atom is 0.303 e. The van der Waals surface area contributed by atoms with Gasteiger partial charge in [0.15, 0.2) is 10.8 Å². The molecule has 0 unspecified atom stereocenters. The van der Waals surface area contributed by atoms with E-state index in [0.29, 0.717) is 17.6 Å². The first-order valence-electron chi connectivity index (χ1n) is 7.52. The number of halogens is 1. The molecule has 0 saturated heterocycles. The normalized spacial score (nSPS) is 19.0. The second-order valence-electron chi connectivity index (χ2n) is 5.66. The predicted molar refractivity (Wildman–Crippen MR) is 89.3 cm³/mol. The Labute approximate surface area is 147 Å². The van der Waals surface area contributed by atoms with Gasteiger partial charge in [-0.25, -0.2) is 4.98 Å². The number of imidazole rings is 1. The highest BCUT2D eigenvalue weighted by molar-refractivity contribution is 6.33. The molecule has 0 aromatic carbocycles. The van der Waals surface area contributed by atoms with Gasteiger partial charge in [0.05, 0.1) is 0 Å². The smallest absolute Gasteiger partial charge is 0.303 e. The Morgan fingerprint density at radius 3 is 2.88 bits per heavy atom. The molecule has 2 aromatic heterocycles. The van der Waals surface area contributed by atoms with Crippen LogP contribution in [0, 0.1) is 5.92 Å². The fourth-order valence-electron chi connectivity index (χ4n) is 2.53. The number of hydrogen-bond donors (Lipinski definition) is 1. The van der Waals surface area contributed by atoms with Crippen molar-refractivity contribution in [3.8, 4) is 0 Å². The molecule has 132 valence electrons. The molecule has 2 atom stereocenters. The number of hydrogen-bond acceptors (Lipinski definition) is 8. The molecule has 0 aliphatic heterocycles. The van der Waals surface area contributed by atoms with E-state index in [1.165, 1.54) is 13.8 Å². The van der Waals surface area contributed by atoms with Crippen molar-refractivity contribution in [2.24, 2.45) is 5.92 Å². The number of ether oxygens (including phenoxy) is 2. The molecule has 1 aliphatic carbocycles. The van der Waals surface area contributed by atoms with Crippen LogP contribution in [-0.2, 0) is 19.1 Å². The molecular formula is C15H16ClN5O4. The van der Waals surface area contributed by atoms with Crippen LogP contribution in [0.15, 0.2) is 11.9 Å². The number of carbonyl (C=O) groups is 2. The SMILES string of the molecule is CC(=O)OC[C@H](OC(C)=O)[C@@H]1C/C1=C\n1cnc2c(Cl)nc(N)nc21. The minimum atomic E-state index is -0.522. The molecule has 0 bridgehead atoms. The van der Waals surface area contributed by atoms with Crippen LogP contribution in [0.4, 0.5) is 5.95 Å². The summed E-state index contributed by atoms with van der Waals surface area (Å²) in [5.74, 6) is -0.831. The summed E-state index contributed by atoms with van der Waals surface area (Å²) in [6, 6.07) is 0. The molecule has 2 heterocycles. The lowest BCUT2D eigenvalue weighted by Crippen LogP contribution is -2.25. The lowest BCUT2D eigenvalue weighted by molar-refractivity contribution is -0.157. The van der Waals surface area contributed by atoms with Gasteiger partial charge in [0.1, 0.15) is 24.6 Å². The van der Waals surface area contributed by atoms with Crippen LogP contribution in [0.25, 0.3) is 17.4 Å². The third kappa shape index (κ3) is 3.87. The molecule has 3 rings (SSSR count). The highest BCUT2D eigenvalue weighted by atomic mass is 35.5. The van der Waals surface area contributed by atoms with Crippen molar-refractivity contribution in [2.45, 2.75) is 26.4 Å². The molecule has 9 nitrogen and oxygen atoms in total. The van der Waals surface area contributed by atoms with Crippen LogP contribution >= 0.6 is 11.6 Å². The van der Waals surface area contributed by atoms with E-state index in [9.17, 15) is 9.59 Å². The zero-order chi connectivity index (χ0) is 18.1. The Hall–Kier alpha value is -2.68. The summed E-state index contributed by atoms with van der Waals surface area (Å²) in [7, 11) is 0. The van der Waals surface area contributed by atoms with Gasteiger partial charge in [0.25, 0.3) is 0 Å². The van der Waals surface area contributed by atoms with Crippen molar-refractivity contribution in [3.63, 3.8) is 0 Å². The van der Waals surface area contributed by atoms with Gasteiger partial charge >= 0.3 is 11.9 Å². The molecule has 10 heteroatoms. The van der Waals surface area contributed by atoms with Crippen LogP contribution in [0.1, 0.15) is 20.3 Å². The number of carbonyl (C=O) groups excluding carboxylic acids is 2. The Morgan fingerprint density at radius 2 is 2.20 bits per heavy atom. The second-order valence-corrected chi connectivity index (χ2v) is 6.02. The van der Waals surface area contributed by atoms with Crippen LogP contribution in [0.5, 0.6) is 0 Å². The van der Waals surface area contributed by atoms with Crippen molar-refractivity contribution in [1.82, 2.24) is 19.5 Å². The molecule has 25 heavy (non-hydrogen) atoms. The molecule has 0 amide bonds. The third-order valence-electron chi connectivity index (χ3n) is 3.69. The number of nitrogens with two attached hydrogens (primary N) is 1. The summed E-state index contributed by atoms with van der Waals surface area (Å²) >= 11 is 6.00.